The van der Waals surface area contributed by atoms with Crippen LogP contribution in [-0.2, 0) is 6.42 Å². The Morgan fingerprint density at radius 2 is 2.16 bits per heavy atom. The summed E-state index contributed by atoms with van der Waals surface area (Å²) in [5.41, 5.74) is 8.20. The van der Waals surface area contributed by atoms with Crippen LogP contribution in [-0.4, -0.2) is 10.9 Å². The number of carbonyl (C=O) groups excluding carboxylic acids is 1. The van der Waals surface area contributed by atoms with E-state index in [1.54, 1.807) is 30.5 Å². The summed E-state index contributed by atoms with van der Waals surface area (Å²) >= 11 is 5.92. The molecule has 0 aliphatic rings. The topological polar surface area (TPSA) is 68.0 Å². The van der Waals surface area contributed by atoms with Gasteiger partial charge in [-0.2, -0.15) is 0 Å². The average molecular weight is 276 g/mol. The van der Waals surface area contributed by atoms with Crippen molar-refractivity contribution in [2.24, 2.45) is 0 Å². The number of aromatic nitrogens is 1. The van der Waals surface area contributed by atoms with Gasteiger partial charge in [-0.15, -0.1) is 0 Å². The van der Waals surface area contributed by atoms with Crippen molar-refractivity contribution in [3.05, 3.63) is 52.8 Å². The van der Waals surface area contributed by atoms with Crippen molar-refractivity contribution >= 4 is 28.9 Å². The number of aryl methyl sites for hydroxylation is 1. The molecule has 0 atom stereocenters. The first-order valence-electron chi connectivity index (χ1n) is 5.90. The minimum Gasteiger partial charge on any atom is -0.397 e. The molecule has 98 valence electrons. The van der Waals surface area contributed by atoms with Gasteiger partial charge in [-0.3, -0.25) is 9.78 Å². The number of nitrogens with one attached hydrogen (secondary N) is 1. The zero-order valence-electron chi connectivity index (χ0n) is 10.5. The van der Waals surface area contributed by atoms with Crippen LogP contribution in [0.1, 0.15) is 22.8 Å². The van der Waals surface area contributed by atoms with Gasteiger partial charge in [-0.25, -0.2) is 0 Å². The van der Waals surface area contributed by atoms with Gasteiger partial charge in [-0.05, 0) is 36.2 Å². The van der Waals surface area contributed by atoms with Crippen molar-refractivity contribution in [2.75, 3.05) is 11.1 Å². The fourth-order valence-electron chi connectivity index (χ4n) is 1.80. The lowest BCUT2D eigenvalue weighted by Gasteiger charge is -2.09. The standard InChI is InChI=1S/C14H14ClN3O/c1-2-9-5-10(15)3-4-13(9)14(19)18-12-6-11(16)7-17-8-12/h3-8H,2,16H2,1H3,(H,18,19). The third-order valence-corrected chi connectivity index (χ3v) is 2.95. The lowest BCUT2D eigenvalue weighted by molar-refractivity contribution is 0.102. The van der Waals surface area contributed by atoms with Crippen molar-refractivity contribution in [2.45, 2.75) is 13.3 Å². The fraction of sp³-hybridized carbons (Fsp3) is 0.143. The number of nitrogens with two attached hydrogens (primary N) is 1. The number of nitrogen functional groups attached to an aromatic ring is 1. The lowest BCUT2D eigenvalue weighted by Crippen LogP contribution is -2.14. The van der Waals surface area contributed by atoms with E-state index >= 15 is 0 Å². The van der Waals surface area contributed by atoms with Gasteiger partial charge in [0.1, 0.15) is 0 Å². The van der Waals surface area contributed by atoms with Gasteiger partial charge in [0.05, 0.1) is 17.6 Å². The van der Waals surface area contributed by atoms with E-state index in [4.69, 9.17) is 17.3 Å². The van der Waals surface area contributed by atoms with Gasteiger partial charge in [0, 0.05) is 16.8 Å². The molecule has 0 saturated carbocycles. The van der Waals surface area contributed by atoms with Gasteiger partial charge >= 0.3 is 0 Å². The monoisotopic (exact) mass is 275 g/mol. The first kappa shape index (κ1) is 13.4. The van der Waals surface area contributed by atoms with Crippen molar-refractivity contribution in [3.8, 4) is 0 Å². The zero-order valence-corrected chi connectivity index (χ0v) is 11.2. The Kier molecular flexibility index (Phi) is 4.02. The van der Waals surface area contributed by atoms with Gasteiger partial charge in [0.15, 0.2) is 0 Å². The Bertz CT molecular complexity index is 613. The van der Waals surface area contributed by atoms with Crippen molar-refractivity contribution in [1.29, 1.82) is 0 Å². The van der Waals surface area contributed by atoms with Crippen LogP contribution < -0.4 is 11.1 Å². The number of hydrogen-bond donors (Lipinski definition) is 2. The second-order valence-electron chi connectivity index (χ2n) is 4.12. The molecule has 5 heteroatoms. The summed E-state index contributed by atoms with van der Waals surface area (Å²) in [6.07, 6.45) is 3.81. The quantitative estimate of drug-likeness (QED) is 0.904. The molecule has 0 unspecified atom stereocenters. The molecule has 0 fully saturated rings. The normalized spacial score (nSPS) is 10.2. The highest BCUT2D eigenvalue weighted by molar-refractivity contribution is 6.30. The third kappa shape index (κ3) is 3.23. The summed E-state index contributed by atoms with van der Waals surface area (Å²) < 4.78 is 0. The van der Waals surface area contributed by atoms with Crippen molar-refractivity contribution in [3.63, 3.8) is 0 Å². The molecule has 4 nitrogen and oxygen atoms in total. The van der Waals surface area contributed by atoms with Crippen LogP contribution in [0.2, 0.25) is 5.02 Å². The molecule has 2 rings (SSSR count). The van der Waals surface area contributed by atoms with E-state index in [2.05, 4.69) is 10.3 Å². The fourth-order valence-corrected chi connectivity index (χ4v) is 2.00. The summed E-state index contributed by atoms with van der Waals surface area (Å²) in [6, 6.07) is 6.88. The lowest BCUT2D eigenvalue weighted by atomic mass is 10.0. The Morgan fingerprint density at radius 3 is 2.84 bits per heavy atom. The summed E-state index contributed by atoms with van der Waals surface area (Å²) in [7, 11) is 0. The molecule has 0 radical (unpaired) electrons. The van der Waals surface area contributed by atoms with E-state index in [9.17, 15) is 4.79 Å². The van der Waals surface area contributed by atoms with E-state index in [0.29, 0.717) is 22.0 Å². The molecule has 3 N–H and O–H groups in total. The number of nitrogens with zero attached hydrogens (tertiary/aromatic N) is 1. The number of rotatable bonds is 3. The van der Waals surface area contributed by atoms with Crippen LogP contribution in [0.4, 0.5) is 11.4 Å². The second-order valence-corrected chi connectivity index (χ2v) is 4.55. The molecule has 1 aromatic carbocycles. The van der Waals surface area contributed by atoms with E-state index in [-0.39, 0.29) is 5.91 Å². The Balaban J connectivity index is 2.25. The number of hydrogen-bond acceptors (Lipinski definition) is 3. The zero-order chi connectivity index (χ0) is 13.8. The number of pyridine rings is 1. The van der Waals surface area contributed by atoms with Gasteiger partial charge in [0.2, 0.25) is 0 Å². The molecular formula is C14H14ClN3O. The largest absolute Gasteiger partial charge is 0.397 e. The van der Waals surface area contributed by atoms with Gasteiger partial charge in [0.25, 0.3) is 5.91 Å². The van der Waals surface area contributed by atoms with E-state index in [1.165, 1.54) is 6.20 Å². The molecule has 1 amide bonds. The summed E-state index contributed by atoms with van der Waals surface area (Å²) in [6.45, 7) is 1.98. The number of carbonyl (C=O) groups is 1. The average Bonchev–Trinajstić information content (AvgIpc) is 2.38. The van der Waals surface area contributed by atoms with Crippen LogP contribution in [0, 0.1) is 0 Å². The minimum absolute atomic E-state index is 0.194. The highest BCUT2D eigenvalue weighted by atomic mass is 35.5. The molecule has 2 aromatic rings. The molecule has 1 aromatic heterocycles. The van der Waals surface area contributed by atoms with Crippen LogP contribution in [0.15, 0.2) is 36.7 Å². The smallest absolute Gasteiger partial charge is 0.255 e. The van der Waals surface area contributed by atoms with E-state index in [1.807, 2.05) is 6.92 Å². The van der Waals surface area contributed by atoms with Crippen LogP contribution >= 0.6 is 11.6 Å². The van der Waals surface area contributed by atoms with Gasteiger partial charge < -0.3 is 11.1 Å². The number of anilines is 2. The maximum Gasteiger partial charge on any atom is 0.255 e. The summed E-state index contributed by atoms with van der Waals surface area (Å²) in [5.74, 6) is -0.194. The first-order chi connectivity index (χ1) is 9.10. The first-order valence-corrected chi connectivity index (χ1v) is 6.28. The molecule has 0 aliphatic carbocycles. The van der Waals surface area contributed by atoms with Crippen LogP contribution in [0.3, 0.4) is 0 Å². The Labute approximate surface area is 116 Å². The molecule has 0 spiro atoms. The highest BCUT2D eigenvalue weighted by Crippen LogP contribution is 2.18. The highest BCUT2D eigenvalue weighted by Gasteiger charge is 2.11. The van der Waals surface area contributed by atoms with E-state index in [0.717, 1.165) is 12.0 Å². The number of halogens is 1. The molecule has 0 aliphatic heterocycles. The van der Waals surface area contributed by atoms with Crippen molar-refractivity contribution < 1.29 is 4.79 Å². The summed E-state index contributed by atoms with van der Waals surface area (Å²) in [5, 5.41) is 3.39. The third-order valence-electron chi connectivity index (χ3n) is 2.71. The van der Waals surface area contributed by atoms with E-state index < -0.39 is 0 Å². The SMILES string of the molecule is CCc1cc(Cl)ccc1C(=O)Nc1cncc(N)c1. The molecule has 1 heterocycles. The predicted molar refractivity (Wildman–Crippen MR) is 77.4 cm³/mol. The van der Waals surface area contributed by atoms with Crippen LogP contribution in [0.25, 0.3) is 0 Å². The minimum atomic E-state index is -0.194. The maximum absolute atomic E-state index is 12.2. The van der Waals surface area contributed by atoms with Gasteiger partial charge in [-0.1, -0.05) is 18.5 Å². The molecule has 0 bridgehead atoms. The Morgan fingerprint density at radius 1 is 1.37 bits per heavy atom. The van der Waals surface area contributed by atoms with Crippen molar-refractivity contribution in [1.82, 2.24) is 4.98 Å². The Hall–Kier alpha value is -2.07. The molecule has 0 saturated heterocycles. The number of benzene rings is 1. The maximum atomic E-state index is 12.2. The summed E-state index contributed by atoms with van der Waals surface area (Å²) in [4.78, 5) is 16.1. The van der Waals surface area contributed by atoms with Crippen LogP contribution in [0.5, 0.6) is 0 Å². The predicted octanol–water partition coefficient (Wildman–Crippen LogP) is 3.13. The molecular weight excluding hydrogens is 262 g/mol. The second kappa shape index (κ2) is 5.71. The molecule has 19 heavy (non-hydrogen) atoms. The number of amides is 1.